The van der Waals surface area contributed by atoms with Gasteiger partial charge < -0.3 is 14.8 Å². The van der Waals surface area contributed by atoms with Crippen LogP contribution in [0.1, 0.15) is 0 Å². The summed E-state index contributed by atoms with van der Waals surface area (Å²) in [5.41, 5.74) is 0.594. The van der Waals surface area contributed by atoms with Crippen molar-refractivity contribution in [2.75, 3.05) is 39.7 Å². The van der Waals surface area contributed by atoms with Crippen molar-refractivity contribution in [1.82, 2.24) is 10.2 Å². The first kappa shape index (κ1) is 17.4. The zero-order chi connectivity index (χ0) is 16.5. The summed E-state index contributed by atoms with van der Waals surface area (Å²) in [7, 11) is 4.28. The fourth-order valence-corrected chi connectivity index (χ4v) is 1.65. The maximum Gasteiger partial charge on any atom is 0.413 e. The largest absolute Gasteiger partial charge is 0.497 e. The lowest BCUT2D eigenvalue weighted by molar-refractivity contribution is -0.122. The van der Waals surface area contributed by atoms with E-state index in [1.165, 1.54) is 12.0 Å². The van der Waals surface area contributed by atoms with Gasteiger partial charge in [-0.2, -0.15) is 0 Å². The van der Waals surface area contributed by atoms with Crippen molar-refractivity contribution in [3.05, 3.63) is 24.3 Å². The molecule has 0 spiro atoms. The molecular weight excluding hydrogens is 290 g/mol. The van der Waals surface area contributed by atoms with E-state index in [-0.39, 0.29) is 19.0 Å². The van der Waals surface area contributed by atoms with Crippen LogP contribution >= 0.6 is 0 Å². The third kappa shape index (κ3) is 6.23. The lowest BCUT2D eigenvalue weighted by Gasteiger charge is -2.15. The Hall–Kier alpha value is -2.61. The molecule has 120 valence electrons. The van der Waals surface area contributed by atoms with E-state index in [1.807, 2.05) is 5.32 Å². The second-order valence-corrected chi connectivity index (χ2v) is 4.49. The van der Waals surface area contributed by atoms with Crippen molar-refractivity contribution in [1.29, 1.82) is 0 Å². The number of methoxy groups -OCH3 is 2. The topological polar surface area (TPSA) is 97.0 Å². The Morgan fingerprint density at radius 2 is 1.82 bits per heavy atom. The van der Waals surface area contributed by atoms with E-state index in [0.717, 1.165) is 7.11 Å². The number of nitrogens with one attached hydrogen (secondary N) is 2. The Kier molecular flexibility index (Phi) is 6.84. The van der Waals surface area contributed by atoms with Gasteiger partial charge in [0.1, 0.15) is 5.75 Å². The molecule has 0 unspecified atom stereocenters. The van der Waals surface area contributed by atoms with Crippen molar-refractivity contribution in [2.24, 2.45) is 0 Å². The van der Waals surface area contributed by atoms with Crippen LogP contribution in [-0.4, -0.2) is 57.2 Å². The maximum absolute atomic E-state index is 11.9. The molecule has 0 atom stereocenters. The number of ether oxygens (including phenoxy) is 2. The van der Waals surface area contributed by atoms with E-state index in [9.17, 15) is 14.4 Å². The predicted octanol–water partition coefficient (Wildman–Crippen LogP) is 0.448. The Balaban J connectivity index is 2.43. The second kappa shape index (κ2) is 8.63. The fourth-order valence-electron chi connectivity index (χ4n) is 1.65. The van der Waals surface area contributed by atoms with Gasteiger partial charge in [-0.05, 0) is 19.2 Å². The van der Waals surface area contributed by atoms with E-state index in [0.29, 0.717) is 11.4 Å². The maximum atomic E-state index is 11.9. The summed E-state index contributed by atoms with van der Waals surface area (Å²) in [5.74, 6) is -0.214. The molecular formula is C14H19N3O5. The molecule has 0 aromatic heterocycles. The minimum absolute atomic E-state index is 0.00813. The standard InChI is InChI=1S/C14H19N3O5/c1-17(9-13(19)16-14(20)22-3)8-12(18)15-10-5-4-6-11(7-10)21-2/h4-7H,8-9H2,1-3H3,(H,15,18)(H,16,19,20). The van der Waals surface area contributed by atoms with E-state index >= 15 is 0 Å². The van der Waals surface area contributed by atoms with Gasteiger partial charge in [-0.1, -0.05) is 6.07 Å². The van der Waals surface area contributed by atoms with Crippen molar-refractivity contribution in [3.8, 4) is 5.75 Å². The number of amides is 3. The summed E-state index contributed by atoms with van der Waals surface area (Å²) in [4.78, 5) is 35.6. The molecule has 0 saturated carbocycles. The molecule has 0 radical (unpaired) electrons. The van der Waals surface area contributed by atoms with Gasteiger partial charge >= 0.3 is 6.09 Å². The third-order valence-electron chi connectivity index (χ3n) is 2.61. The van der Waals surface area contributed by atoms with E-state index < -0.39 is 12.0 Å². The van der Waals surface area contributed by atoms with Gasteiger partial charge in [0, 0.05) is 11.8 Å². The lowest BCUT2D eigenvalue weighted by Crippen LogP contribution is -2.41. The number of benzene rings is 1. The predicted molar refractivity (Wildman–Crippen MR) is 79.7 cm³/mol. The van der Waals surface area contributed by atoms with Crippen molar-refractivity contribution >= 4 is 23.6 Å². The molecule has 0 heterocycles. The summed E-state index contributed by atoms with van der Waals surface area (Å²) in [6.07, 6.45) is -0.834. The highest BCUT2D eigenvalue weighted by Crippen LogP contribution is 2.16. The highest BCUT2D eigenvalue weighted by Gasteiger charge is 2.13. The highest BCUT2D eigenvalue weighted by molar-refractivity contribution is 5.94. The number of hydrogen-bond acceptors (Lipinski definition) is 6. The number of alkyl carbamates (subject to hydrolysis) is 1. The van der Waals surface area contributed by atoms with Gasteiger partial charge in [0.05, 0.1) is 27.3 Å². The quantitative estimate of drug-likeness (QED) is 0.792. The number of hydrogen-bond donors (Lipinski definition) is 2. The SMILES string of the molecule is COC(=O)NC(=O)CN(C)CC(=O)Nc1cccc(OC)c1. The van der Waals surface area contributed by atoms with Crippen LogP contribution in [0.25, 0.3) is 0 Å². The molecule has 22 heavy (non-hydrogen) atoms. The number of imide groups is 1. The van der Waals surface area contributed by atoms with Crippen LogP contribution in [-0.2, 0) is 14.3 Å². The van der Waals surface area contributed by atoms with Crippen LogP contribution in [0.15, 0.2) is 24.3 Å². The van der Waals surface area contributed by atoms with Crippen LogP contribution in [0.3, 0.4) is 0 Å². The molecule has 2 N–H and O–H groups in total. The minimum atomic E-state index is -0.834. The summed E-state index contributed by atoms with van der Waals surface area (Å²) < 4.78 is 9.36. The normalized spacial score (nSPS) is 10.0. The van der Waals surface area contributed by atoms with E-state index in [2.05, 4.69) is 10.1 Å². The molecule has 0 aliphatic carbocycles. The average Bonchev–Trinajstić information content (AvgIpc) is 2.46. The number of likely N-dealkylation sites (N-methyl/N-ethyl adjacent to an activating group) is 1. The monoisotopic (exact) mass is 309 g/mol. The van der Waals surface area contributed by atoms with E-state index in [4.69, 9.17) is 4.74 Å². The molecule has 1 aromatic carbocycles. The highest BCUT2D eigenvalue weighted by atomic mass is 16.5. The Bertz CT molecular complexity index is 547. The Labute approximate surface area is 128 Å². The second-order valence-electron chi connectivity index (χ2n) is 4.49. The molecule has 0 fully saturated rings. The molecule has 3 amide bonds. The molecule has 8 heteroatoms. The summed E-state index contributed by atoms with van der Waals surface area (Å²) in [5, 5.41) is 4.70. The van der Waals surface area contributed by atoms with Crippen LogP contribution in [0.2, 0.25) is 0 Å². The first-order chi connectivity index (χ1) is 10.4. The van der Waals surface area contributed by atoms with Gasteiger partial charge in [-0.15, -0.1) is 0 Å². The number of carbonyl (C=O) groups excluding carboxylic acids is 3. The molecule has 0 aliphatic heterocycles. The number of anilines is 1. The minimum Gasteiger partial charge on any atom is -0.497 e. The number of rotatable bonds is 6. The molecule has 8 nitrogen and oxygen atoms in total. The average molecular weight is 309 g/mol. The fraction of sp³-hybridized carbons (Fsp3) is 0.357. The van der Waals surface area contributed by atoms with Crippen LogP contribution in [0, 0.1) is 0 Å². The Morgan fingerprint density at radius 1 is 1.14 bits per heavy atom. The molecule has 0 aliphatic rings. The Morgan fingerprint density at radius 3 is 2.45 bits per heavy atom. The lowest BCUT2D eigenvalue weighted by atomic mass is 10.3. The van der Waals surface area contributed by atoms with Crippen molar-refractivity contribution < 1.29 is 23.9 Å². The van der Waals surface area contributed by atoms with Gasteiger partial charge in [0.25, 0.3) is 0 Å². The zero-order valence-corrected chi connectivity index (χ0v) is 12.7. The van der Waals surface area contributed by atoms with Crippen LogP contribution in [0.4, 0.5) is 10.5 Å². The van der Waals surface area contributed by atoms with Crippen molar-refractivity contribution in [3.63, 3.8) is 0 Å². The first-order valence-corrected chi connectivity index (χ1v) is 6.45. The summed E-state index contributed by atoms with van der Waals surface area (Å²) >= 11 is 0. The van der Waals surface area contributed by atoms with Gasteiger partial charge in [-0.25, -0.2) is 4.79 Å². The smallest absolute Gasteiger partial charge is 0.413 e. The van der Waals surface area contributed by atoms with Crippen molar-refractivity contribution in [2.45, 2.75) is 0 Å². The number of carbonyl (C=O) groups is 3. The van der Waals surface area contributed by atoms with E-state index in [1.54, 1.807) is 31.3 Å². The summed E-state index contributed by atoms with van der Waals surface area (Å²) in [6.45, 7) is -0.119. The number of nitrogens with zero attached hydrogens (tertiary/aromatic N) is 1. The van der Waals surface area contributed by atoms with Crippen LogP contribution in [0.5, 0.6) is 5.75 Å². The molecule has 1 rings (SSSR count). The van der Waals surface area contributed by atoms with Gasteiger partial charge in [-0.3, -0.25) is 19.8 Å². The third-order valence-corrected chi connectivity index (χ3v) is 2.61. The van der Waals surface area contributed by atoms with Gasteiger partial charge in [0.2, 0.25) is 11.8 Å². The van der Waals surface area contributed by atoms with Gasteiger partial charge in [0.15, 0.2) is 0 Å². The molecule has 1 aromatic rings. The zero-order valence-electron chi connectivity index (χ0n) is 12.7. The first-order valence-electron chi connectivity index (χ1n) is 6.45. The summed E-state index contributed by atoms with van der Waals surface area (Å²) in [6, 6.07) is 6.92. The molecule has 0 bridgehead atoms. The molecule has 0 saturated heterocycles. The van der Waals surface area contributed by atoms with Crippen LogP contribution < -0.4 is 15.4 Å².